The average molecular weight is 418 g/mol. The molecule has 3 aromatic heterocycles. The Morgan fingerprint density at radius 2 is 1.75 bits per heavy atom. The molecule has 4 heterocycles. The van der Waals surface area contributed by atoms with Gasteiger partial charge >= 0.3 is 0 Å². The van der Waals surface area contributed by atoms with Crippen LogP contribution in [-0.4, -0.2) is 26.5 Å². The van der Waals surface area contributed by atoms with Crippen molar-refractivity contribution in [3.8, 4) is 33.8 Å². The van der Waals surface area contributed by atoms with Crippen LogP contribution in [0, 0.1) is 6.92 Å². The Morgan fingerprint density at radius 3 is 2.69 bits per heavy atom. The number of rotatable bonds is 3. The van der Waals surface area contributed by atoms with Gasteiger partial charge in [-0.1, -0.05) is 24.3 Å². The van der Waals surface area contributed by atoms with Crippen LogP contribution in [0.2, 0.25) is 0 Å². The van der Waals surface area contributed by atoms with Gasteiger partial charge in [-0.3, -0.25) is 9.97 Å². The number of aromatic nitrogens is 4. The van der Waals surface area contributed by atoms with Crippen LogP contribution in [-0.2, 0) is 13.0 Å². The van der Waals surface area contributed by atoms with Gasteiger partial charge in [0, 0.05) is 34.9 Å². The number of H-pyrrole nitrogens is 1. The topological polar surface area (TPSA) is 66.5 Å². The second-order valence-corrected chi connectivity index (χ2v) is 8.33. The largest absolute Gasteiger partial charge is 0.343 e. The summed E-state index contributed by atoms with van der Waals surface area (Å²) in [5.74, 6) is 0. The first-order valence-corrected chi connectivity index (χ1v) is 10.9. The molecule has 0 unspecified atom stereocenters. The normalized spacial score (nSPS) is 13.3. The van der Waals surface area contributed by atoms with Crippen LogP contribution in [0.1, 0.15) is 16.8 Å². The Labute approximate surface area is 186 Å². The lowest BCUT2D eigenvalue weighted by Gasteiger charge is -2.18. The minimum Gasteiger partial charge on any atom is -0.343 e. The van der Waals surface area contributed by atoms with Gasteiger partial charge in [0.05, 0.1) is 28.9 Å². The molecule has 0 fully saturated rings. The van der Waals surface area contributed by atoms with Gasteiger partial charge in [0.1, 0.15) is 0 Å². The van der Waals surface area contributed by atoms with Crippen molar-refractivity contribution in [1.29, 1.82) is 0 Å². The van der Waals surface area contributed by atoms with Crippen LogP contribution >= 0.6 is 0 Å². The molecule has 2 N–H and O–H groups in total. The Morgan fingerprint density at radius 1 is 0.844 bits per heavy atom. The number of benzene rings is 2. The van der Waals surface area contributed by atoms with Gasteiger partial charge in [0.25, 0.3) is 0 Å². The van der Waals surface area contributed by atoms with Crippen molar-refractivity contribution in [3.05, 3.63) is 90.0 Å². The predicted octanol–water partition coefficient (Wildman–Crippen LogP) is 5.31. The summed E-state index contributed by atoms with van der Waals surface area (Å²) in [7, 11) is 0. The summed E-state index contributed by atoms with van der Waals surface area (Å²) in [6.45, 7) is 3.99. The molecule has 5 nitrogen and oxygen atoms in total. The van der Waals surface area contributed by atoms with E-state index in [1.165, 1.54) is 16.7 Å². The molecule has 6 rings (SSSR count). The zero-order chi connectivity index (χ0) is 21.5. The molecule has 2 aromatic carbocycles. The van der Waals surface area contributed by atoms with E-state index in [4.69, 9.17) is 4.98 Å². The van der Waals surface area contributed by atoms with E-state index in [2.05, 4.69) is 62.7 Å². The quantitative estimate of drug-likeness (QED) is 0.418. The lowest BCUT2D eigenvalue weighted by Crippen LogP contribution is -2.23. The molecule has 0 atom stereocenters. The number of hydrogen-bond donors (Lipinski definition) is 2. The molecule has 0 aliphatic carbocycles. The molecule has 32 heavy (non-hydrogen) atoms. The smallest absolute Gasteiger partial charge is 0.0977 e. The van der Waals surface area contributed by atoms with Crippen LogP contribution in [0.15, 0.2) is 73.2 Å². The lowest BCUT2D eigenvalue weighted by molar-refractivity contribution is 0.644. The Bertz CT molecular complexity index is 1450. The minimum absolute atomic E-state index is 0.896. The molecule has 0 bridgehead atoms. The van der Waals surface area contributed by atoms with Crippen molar-refractivity contribution < 1.29 is 0 Å². The maximum Gasteiger partial charge on any atom is 0.0977 e. The minimum atomic E-state index is 0.896. The summed E-state index contributed by atoms with van der Waals surface area (Å²) >= 11 is 0. The van der Waals surface area contributed by atoms with Gasteiger partial charge in [-0.15, -0.1) is 0 Å². The van der Waals surface area contributed by atoms with E-state index >= 15 is 0 Å². The van der Waals surface area contributed by atoms with E-state index < -0.39 is 0 Å². The zero-order valence-corrected chi connectivity index (χ0v) is 17.9. The zero-order valence-electron chi connectivity index (χ0n) is 17.9. The standard InChI is InChI=1S/C27H23N5/c1-17-3-2-4-25(32-17)27-26(30-16-31-27)20-7-8-24-21(12-20)13-23(15-29-24)19-6-5-18-9-10-28-14-22(18)11-19/h2-8,11-13,15-16,28H,9-10,14H2,1H3,(H,30,31). The summed E-state index contributed by atoms with van der Waals surface area (Å²) in [5.41, 5.74) is 10.9. The number of nitrogens with one attached hydrogen (secondary N) is 2. The SMILES string of the molecule is Cc1cccc(-c2[nH]cnc2-c2ccc3ncc(-c4ccc5c(c4)CNCC5)cc3c2)n1. The highest BCUT2D eigenvalue weighted by molar-refractivity contribution is 5.89. The summed E-state index contributed by atoms with van der Waals surface area (Å²) in [6.07, 6.45) is 4.79. The second kappa shape index (κ2) is 7.70. The van der Waals surface area contributed by atoms with E-state index in [1.54, 1.807) is 6.33 Å². The van der Waals surface area contributed by atoms with Crippen LogP contribution in [0.5, 0.6) is 0 Å². The van der Waals surface area contributed by atoms with Crippen LogP contribution in [0.4, 0.5) is 0 Å². The molecule has 0 spiro atoms. The molecule has 0 radical (unpaired) electrons. The molecule has 1 aliphatic rings. The first kappa shape index (κ1) is 18.9. The van der Waals surface area contributed by atoms with Gasteiger partial charge in [-0.05, 0) is 73.0 Å². The fraction of sp³-hybridized carbons (Fsp3) is 0.148. The maximum absolute atomic E-state index is 4.73. The van der Waals surface area contributed by atoms with Gasteiger partial charge in [-0.2, -0.15) is 0 Å². The van der Waals surface area contributed by atoms with Gasteiger partial charge in [0.15, 0.2) is 0 Å². The molecule has 5 aromatic rings. The maximum atomic E-state index is 4.73. The molecule has 0 amide bonds. The Balaban J connectivity index is 1.42. The number of imidazole rings is 1. The fourth-order valence-corrected chi connectivity index (χ4v) is 4.49. The van der Waals surface area contributed by atoms with E-state index in [0.29, 0.717) is 0 Å². The van der Waals surface area contributed by atoms with Crippen LogP contribution in [0.3, 0.4) is 0 Å². The lowest BCUT2D eigenvalue weighted by atomic mass is 9.95. The highest BCUT2D eigenvalue weighted by atomic mass is 14.9. The van der Waals surface area contributed by atoms with Gasteiger partial charge in [-0.25, -0.2) is 4.98 Å². The Hall–Kier alpha value is -3.83. The number of fused-ring (bicyclic) bond motifs is 2. The van der Waals surface area contributed by atoms with Crippen molar-refractivity contribution in [1.82, 2.24) is 25.3 Å². The van der Waals surface area contributed by atoms with Crippen molar-refractivity contribution >= 4 is 10.9 Å². The molecule has 0 saturated carbocycles. The van der Waals surface area contributed by atoms with Crippen molar-refractivity contribution in [2.24, 2.45) is 0 Å². The van der Waals surface area contributed by atoms with Gasteiger partial charge < -0.3 is 10.3 Å². The molecule has 1 aliphatic heterocycles. The fourth-order valence-electron chi connectivity index (χ4n) is 4.49. The van der Waals surface area contributed by atoms with Crippen LogP contribution in [0.25, 0.3) is 44.7 Å². The molecule has 5 heteroatoms. The molecule has 0 saturated heterocycles. The van der Waals surface area contributed by atoms with Crippen molar-refractivity contribution in [2.45, 2.75) is 19.9 Å². The third-order valence-electron chi connectivity index (χ3n) is 6.16. The Kier molecular flexibility index (Phi) is 4.55. The molecular weight excluding hydrogens is 394 g/mol. The number of aryl methyl sites for hydroxylation is 1. The average Bonchev–Trinajstić information content (AvgIpc) is 3.33. The van der Waals surface area contributed by atoms with Crippen molar-refractivity contribution in [2.75, 3.05) is 6.54 Å². The molecule has 156 valence electrons. The third-order valence-corrected chi connectivity index (χ3v) is 6.16. The number of aromatic amines is 1. The summed E-state index contributed by atoms with van der Waals surface area (Å²) in [5, 5.41) is 4.56. The summed E-state index contributed by atoms with van der Waals surface area (Å²) in [4.78, 5) is 17.3. The highest BCUT2D eigenvalue weighted by Crippen LogP contribution is 2.32. The van der Waals surface area contributed by atoms with E-state index in [1.807, 2.05) is 31.3 Å². The van der Waals surface area contributed by atoms with E-state index in [-0.39, 0.29) is 0 Å². The highest BCUT2D eigenvalue weighted by Gasteiger charge is 2.14. The predicted molar refractivity (Wildman–Crippen MR) is 128 cm³/mol. The summed E-state index contributed by atoms with van der Waals surface area (Å²) in [6, 6.07) is 21.3. The monoisotopic (exact) mass is 417 g/mol. The number of hydrogen-bond acceptors (Lipinski definition) is 4. The first-order valence-electron chi connectivity index (χ1n) is 10.9. The third kappa shape index (κ3) is 3.37. The molecular formula is C27H23N5. The van der Waals surface area contributed by atoms with E-state index in [0.717, 1.165) is 64.3 Å². The van der Waals surface area contributed by atoms with Crippen LogP contribution < -0.4 is 5.32 Å². The van der Waals surface area contributed by atoms with Crippen molar-refractivity contribution in [3.63, 3.8) is 0 Å². The number of pyridine rings is 2. The summed E-state index contributed by atoms with van der Waals surface area (Å²) < 4.78 is 0. The first-order chi connectivity index (χ1) is 15.7. The van der Waals surface area contributed by atoms with Gasteiger partial charge in [0.2, 0.25) is 0 Å². The number of nitrogens with zero attached hydrogens (tertiary/aromatic N) is 3. The van der Waals surface area contributed by atoms with E-state index in [9.17, 15) is 0 Å². The second-order valence-electron chi connectivity index (χ2n) is 8.33.